The van der Waals surface area contributed by atoms with Gasteiger partial charge in [0, 0.05) is 10.7 Å². The van der Waals surface area contributed by atoms with Crippen LogP contribution in [0, 0.1) is 13.8 Å². The van der Waals surface area contributed by atoms with Crippen molar-refractivity contribution in [3.05, 3.63) is 46.2 Å². The van der Waals surface area contributed by atoms with Gasteiger partial charge in [0.25, 0.3) is 0 Å². The molecule has 0 aliphatic heterocycles. The highest BCUT2D eigenvalue weighted by Crippen LogP contribution is 2.16. The Morgan fingerprint density at radius 3 is 2.64 bits per heavy atom. The van der Waals surface area contributed by atoms with E-state index >= 15 is 0 Å². The number of hydrogen-bond donors (Lipinski definition) is 0. The number of aryl methyl sites for hydroxylation is 2. The predicted molar refractivity (Wildman–Crippen MR) is 60.7 cm³/mol. The van der Waals surface area contributed by atoms with Crippen molar-refractivity contribution >= 4 is 15.9 Å². The molecule has 0 bridgehead atoms. The molecule has 0 atom stereocenters. The second-order valence-corrected chi connectivity index (χ2v) is 4.24. The van der Waals surface area contributed by atoms with Gasteiger partial charge in [0.15, 0.2) is 0 Å². The zero-order valence-corrected chi connectivity index (χ0v) is 9.75. The van der Waals surface area contributed by atoms with Crippen LogP contribution in [0.5, 0.6) is 0 Å². The molecule has 0 radical (unpaired) electrons. The number of nitrogens with zero attached hydrogens (tertiary/aromatic N) is 2. The first-order valence-corrected chi connectivity index (χ1v) is 5.25. The smallest absolute Gasteiger partial charge is 0.0657 e. The maximum absolute atomic E-state index is 4.42. The molecule has 1 aromatic heterocycles. The van der Waals surface area contributed by atoms with E-state index in [9.17, 15) is 0 Å². The summed E-state index contributed by atoms with van der Waals surface area (Å²) in [5, 5.41) is 4.42. The largest absolute Gasteiger partial charge is 0.240 e. The summed E-state index contributed by atoms with van der Waals surface area (Å²) in [4.78, 5) is 0. The highest BCUT2D eigenvalue weighted by Gasteiger charge is 2.01. The Morgan fingerprint density at radius 2 is 2.07 bits per heavy atom. The number of hydrogen-bond acceptors (Lipinski definition) is 1. The van der Waals surface area contributed by atoms with E-state index in [1.54, 1.807) is 0 Å². The molecule has 2 aromatic rings. The predicted octanol–water partition coefficient (Wildman–Crippen LogP) is 3.25. The van der Waals surface area contributed by atoms with Crippen molar-refractivity contribution in [3.8, 4) is 5.69 Å². The van der Waals surface area contributed by atoms with Crippen molar-refractivity contribution in [2.75, 3.05) is 0 Å². The molecule has 0 saturated carbocycles. The van der Waals surface area contributed by atoms with Crippen LogP contribution in [0.25, 0.3) is 5.69 Å². The number of halogens is 1. The third-order valence-corrected chi connectivity index (χ3v) is 2.71. The van der Waals surface area contributed by atoms with Crippen LogP contribution in [-0.4, -0.2) is 9.78 Å². The summed E-state index contributed by atoms with van der Waals surface area (Å²) in [6, 6.07) is 8.10. The van der Waals surface area contributed by atoms with E-state index < -0.39 is 0 Å². The highest BCUT2D eigenvalue weighted by atomic mass is 79.9. The Bertz CT molecular complexity index is 441. The van der Waals surface area contributed by atoms with E-state index in [-0.39, 0.29) is 0 Å². The normalized spacial score (nSPS) is 10.5. The Kier molecular flexibility index (Phi) is 2.42. The average molecular weight is 251 g/mol. The molecule has 14 heavy (non-hydrogen) atoms. The fourth-order valence-corrected chi connectivity index (χ4v) is 1.68. The molecule has 0 saturated heterocycles. The topological polar surface area (TPSA) is 17.8 Å². The lowest BCUT2D eigenvalue weighted by Gasteiger charge is -2.00. The Balaban J connectivity index is 2.49. The van der Waals surface area contributed by atoms with Crippen molar-refractivity contribution in [2.45, 2.75) is 13.8 Å². The van der Waals surface area contributed by atoms with Gasteiger partial charge in [-0.1, -0.05) is 22.0 Å². The summed E-state index contributed by atoms with van der Waals surface area (Å²) in [5.74, 6) is 0. The number of aromatic nitrogens is 2. The highest BCUT2D eigenvalue weighted by molar-refractivity contribution is 9.10. The molecular weight excluding hydrogens is 240 g/mol. The van der Waals surface area contributed by atoms with Gasteiger partial charge in [0.2, 0.25) is 0 Å². The maximum atomic E-state index is 4.42. The van der Waals surface area contributed by atoms with Crippen LogP contribution < -0.4 is 0 Å². The van der Waals surface area contributed by atoms with Crippen molar-refractivity contribution in [1.82, 2.24) is 9.78 Å². The van der Waals surface area contributed by atoms with Gasteiger partial charge in [-0.25, -0.2) is 4.68 Å². The minimum absolute atomic E-state index is 1.07. The lowest BCUT2D eigenvalue weighted by atomic mass is 10.3. The van der Waals surface area contributed by atoms with Crippen LogP contribution in [-0.2, 0) is 0 Å². The van der Waals surface area contributed by atoms with Gasteiger partial charge >= 0.3 is 0 Å². The van der Waals surface area contributed by atoms with E-state index in [4.69, 9.17) is 0 Å². The van der Waals surface area contributed by atoms with Crippen molar-refractivity contribution < 1.29 is 0 Å². The standard InChI is InChI=1S/C11H11BrN2/c1-8-7-14(13-9(8)2)11-5-3-4-10(12)6-11/h3-7H,1-2H3. The molecule has 1 aromatic carbocycles. The SMILES string of the molecule is Cc1cn(-c2cccc(Br)c2)nc1C. The maximum Gasteiger partial charge on any atom is 0.0657 e. The van der Waals surface area contributed by atoms with Crippen LogP contribution in [0.15, 0.2) is 34.9 Å². The first-order chi connectivity index (χ1) is 6.66. The first-order valence-electron chi connectivity index (χ1n) is 4.45. The fraction of sp³-hybridized carbons (Fsp3) is 0.182. The van der Waals surface area contributed by atoms with Gasteiger partial charge in [-0.3, -0.25) is 0 Å². The summed E-state index contributed by atoms with van der Waals surface area (Å²) >= 11 is 3.44. The van der Waals surface area contributed by atoms with E-state index in [1.807, 2.05) is 42.1 Å². The summed E-state index contributed by atoms with van der Waals surface area (Å²) < 4.78 is 2.97. The summed E-state index contributed by atoms with van der Waals surface area (Å²) in [7, 11) is 0. The van der Waals surface area contributed by atoms with Gasteiger partial charge in [0.1, 0.15) is 0 Å². The van der Waals surface area contributed by atoms with Gasteiger partial charge < -0.3 is 0 Å². The van der Waals surface area contributed by atoms with Gasteiger partial charge in [-0.05, 0) is 37.6 Å². The van der Waals surface area contributed by atoms with Crippen molar-refractivity contribution in [3.63, 3.8) is 0 Å². The first kappa shape index (κ1) is 9.46. The molecule has 0 aliphatic rings. The summed E-state index contributed by atoms with van der Waals surface area (Å²) in [6.07, 6.45) is 2.04. The monoisotopic (exact) mass is 250 g/mol. The van der Waals surface area contributed by atoms with Crippen LogP contribution in [0.2, 0.25) is 0 Å². The molecule has 0 spiro atoms. The van der Waals surface area contributed by atoms with Crippen molar-refractivity contribution in [2.24, 2.45) is 0 Å². The zero-order chi connectivity index (χ0) is 10.1. The van der Waals surface area contributed by atoms with Crippen LogP contribution in [0.3, 0.4) is 0 Å². The summed E-state index contributed by atoms with van der Waals surface area (Å²) in [5.41, 5.74) is 3.37. The molecule has 0 unspecified atom stereocenters. The molecule has 72 valence electrons. The molecule has 0 aliphatic carbocycles. The van der Waals surface area contributed by atoms with Crippen LogP contribution >= 0.6 is 15.9 Å². The van der Waals surface area contributed by atoms with Gasteiger partial charge in [-0.2, -0.15) is 5.10 Å². The average Bonchev–Trinajstić information content (AvgIpc) is 2.47. The number of rotatable bonds is 1. The van der Waals surface area contributed by atoms with Gasteiger partial charge in [0.05, 0.1) is 11.4 Å². The molecule has 0 fully saturated rings. The van der Waals surface area contributed by atoms with Crippen molar-refractivity contribution in [1.29, 1.82) is 0 Å². The second-order valence-electron chi connectivity index (χ2n) is 3.32. The molecule has 2 nitrogen and oxygen atoms in total. The van der Waals surface area contributed by atoms with E-state index in [1.165, 1.54) is 5.56 Å². The third-order valence-electron chi connectivity index (χ3n) is 2.22. The fourth-order valence-electron chi connectivity index (χ4n) is 1.30. The molecule has 0 amide bonds. The van der Waals surface area contributed by atoms with E-state index in [2.05, 4.69) is 28.0 Å². The third kappa shape index (κ3) is 1.73. The molecular formula is C11H11BrN2. The minimum Gasteiger partial charge on any atom is -0.240 e. The molecule has 2 rings (SSSR count). The number of benzene rings is 1. The molecule has 0 N–H and O–H groups in total. The Hall–Kier alpha value is -1.09. The van der Waals surface area contributed by atoms with Gasteiger partial charge in [-0.15, -0.1) is 0 Å². The summed E-state index contributed by atoms with van der Waals surface area (Å²) in [6.45, 7) is 4.08. The van der Waals surface area contributed by atoms with E-state index in [0.717, 1.165) is 15.9 Å². The lowest BCUT2D eigenvalue weighted by molar-refractivity contribution is 0.862. The zero-order valence-electron chi connectivity index (χ0n) is 8.16. The van der Waals surface area contributed by atoms with Crippen LogP contribution in [0.1, 0.15) is 11.3 Å². The lowest BCUT2D eigenvalue weighted by Crippen LogP contribution is -1.94. The van der Waals surface area contributed by atoms with Crippen LogP contribution in [0.4, 0.5) is 0 Å². The quantitative estimate of drug-likeness (QED) is 0.760. The molecule has 1 heterocycles. The van der Waals surface area contributed by atoms with E-state index in [0.29, 0.717) is 0 Å². The Labute approximate surface area is 91.7 Å². The Morgan fingerprint density at radius 1 is 1.29 bits per heavy atom. The second kappa shape index (κ2) is 3.58. The molecule has 3 heteroatoms. The minimum atomic E-state index is 1.07.